The first-order chi connectivity index (χ1) is 69.1. The topological polar surface area (TPSA) is 343 Å². The molecule has 3 amide bonds. The molecule has 7 fully saturated rings. The molecule has 0 radical (unpaired) electrons. The van der Waals surface area contributed by atoms with Crippen molar-refractivity contribution in [2.24, 2.45) is 0 Å². The molecule has 7 saturated heterocycles. The molecule has 0 spiro atoms. The maximum absolute atomic E-state index is 13.5. The molecule has 3 N–H and O–H groups in total. The van der Waals surface area contributed by atoms with E-state index in [9.17, 15) is 27.6 Å². The molecular formula is C106H97F3N28O4. The standard InChI is InChI=1S/C36H31F2N9O.C36H34FN9O2.C34H32N10O/c37-25-5-1-21(2-6-25)34-30-13-31-24(11-32(30)43-44-34)14-39-36(42-31)23-9-10-45(17-23)20-33(48)47-19-28-12-29(47)18-46(28)27-7-3-22(4-8-27)35-40-15-26(38)16-41-35;1-48-36(35-40-21-26-19-31-29(20-30(26)41-35)33(43-42-31)24-3-7-27(37)8-4-24)11-14-44(23-36)22-32(47)46-17-15-45(16-18-46)28-9-5-25(6-10-28)34-38-12-2-13-39-34;45-31(44-16-14-43(15-17-44)27-4-2-24(3-5-27)33-36-9-1-10-37-33)22-42-13-8-25(21-42)34-38-20-26-18-30-28(19-29(26)39-34)32(41-40-30)23-6-11-35-12-7-23/h1-8,11,13-16,23,28-29H,9-10,12,17-20H2,(H,43,44);2-10,12-13,19-21H,11,14-18,22-23H2,1H3,(H,42,43);1-7,9-12,18-20,25H,8,13-17,21-22H2,(H,40,41)/t23-,28+,29+;36-;25-/m101/s1. The number of H-pyrrole nitrogens is 3. The third-order valence-electron chi connectivity index (χ3n) is 28.5. The van der Waals surface area contributed by atoms with Crippen LogP contribution in [0.4, 0.5) is 30.2 Å². The SMILES string of the molecule is CO[C@@]1(c2ncc3cc4[nH]nc(-c5ccc(F)cc5)c4cc3n2)CCN(CC(=O)N2CCN(c3ccc(-c4ncccn4)cc3)CC2)C1.O=C(CN1CC[C@@H](c2ncc3cc4[nH]nc(-c5ccc(F)cc5)c4cc3n2)C1)N1C[C@@H]2C[C@H]1CN2c1ccc(-c2ncc(F)cn2)cc1.O=C(CN1CC[C@@H](c2ncc3cc4[nH]nc(-c5ccncc5)c4cc3n2)C1)N1CCN(c2ccc(-c3ncccn3)cc2)CC1. The number of ether oxygens (including phenoxy) is 1. The minimum Gasteiger partial charge on any atom is -0.369 e. The molecule has 0 aliphatic carbocycles. The molecule has 10 aromatic heterocycles. The highest BCUT2D eigenvalue weighted by Gasteiger charge is 2.47. The van der Waals surface area contributed by atoms with Gasteiger partial charge in [-0.25, -0.2) is 73.0 Å². The summed E-state index contributed by atoms with van der Waals surface area (Å²) in [7, 11) is 1.68. The average Bonchev–Trinajstić information content (AvgIpc) is 1.65. The summed E-state index contributed by atoms with van der Waals surface area (Å²) < 4.78 is 46.4. The first kappa shape index (κ1) is 89.0. The van der Waals surface area contributed by atoms with Gasteiger partial charge in [-0.15, -0.1) is 0 Å². The maximum Gasteiger partial charge on any atom is 0.237 e. The number of rotatable bonds is 19. The van der Waals surface area contributed by atoms with E-state index in [1.807, 2.05) is 101 Å². The highest BCUT2D eigenvalue weighted by atomic mass is 19.1. The second-order valence-electron chi connectivity index (χ2n) is 37.1. The Hall–Kier alpha value is -16.0. The average molecular weight is 1880 g/mol. The van der Waals surface area contributed by atoms with E-state index in [1.54, 1.807) is 68.6 Å². The summed E-state index contributed by atoms with van der Waals surface area (Å²) in [5.41, 5.74) is 15.7. The number of hydrogen-bond acceptors (Lipinski definition) is 26. The smallest absolute Gasteiger partial charge is 0.237 e. The minimum absolute atomic E-state index is 0.119. The lowest BCUT2D eigenvalue weighted by Gasteiger charge is -2.37. The Morgan fingerprint density at radius 1 is 0.390 bits per heavy atom. The number of hydrogen-bond donors (Lipinski definition) is 3. The van der Waals surface area contributed by atoms with E-state index < -0.39 is 11.4 Å². The number of amides is 3. The molecule has 18 aromatic rings. The lowest BCUT2D eigenvalue weighted by atomic mass is 10.0. The second kappa shape index (κ2) is 38.4. The number of anilines is 3. The van der Waals surface area contributed by atoms with Gasteiger partial charge in [-0.3, -0.25) is 49.4 Å². The molecule has 7 aliphatic rings. The summed E-state index contributed by atoms with van der Waals surface area (Å²) in [4.78, 5) is 119. The molecule has 8 aromatic carbocycles. The predicted molar refractivity (Wildman–Crippen MR) is 530 cm³/mol. The minimum atomic E-state index is -0.727. The summed E-state index contributed by atoms with van der Waals surface area (Å²) in [6, 6.07) is 57.4. The molecule has 7 aliphatic heterocycles. The van der Waals surface area contributed by atoms with E-state index in [1.165, 1.54) is 36.7 Å². The maximum atomic E-state index is 13.5. The van der Waals surface area contributed by atoms with Crippen LogP contribution < -0.4 is 14.7 Å². The Balaban J connectivity index is 0.000000118. The Bertz CT molecular complexity index is 7620. The van der Waals surface area contributed by atoms with Gasteiger partial charge in [-0.1, -0.05) is 0 Å². The highest BCUT2D eigenvalue weighted by Crippen LogP contribution is 2.41. The third-order valence-corrected chi connectivity index (χ3v) is 28.5. The van der Waals surface area contributed by atoms with E-state index >= 15 is 0 Å². The number of halogens is 3. The monoisotopic (exact) mass is 1880 g/mol. The van der Waals surface area contributed by atoms with E-state index in [2.05, 4.69) is 160 Å². The van der Waals surface area contributed by atoms with Crippen molar-refractivity contribution < 1.29 is 32.3 Å². The molecule has 35 heteroatoms. The largest absolute Gasteiger partial charge is 0.369 e. The number of carbonyl (C=O) groups excluding carboxylic acids is 3. The van der Waals surface area contributed by atoms with Gasteiger partial charge in [0.25, 0.3) is 0 Å². The first-order valence-electron chi connectivity index (χ1n) is 47.6. The quantitative estimate of drug-likeness (QED) is 0.0677. The van der Waals surface area contributed by atoms with Crippen LogP contribution in [0.5, 0.6) is 0 Å². The lowest BCUT2D eigenvalue weighted by Crippen LogP contribution is -2.51. The summed E-state index contributed by atoms with van der Waals surface area (Å²) in [6.07, 6.45) is 21.9. The number of aromatic amines is 3. The molecule has 32 nitrogen and oxygen atoms in total. The van der Waals surface area contributed by atoms with Crippen LogP contribution in [0.3, 0.4) is 0 Å². The Kier molecular flexibility index (Phi) is 24.2. The zero-order valence-corrected chi connectivity index (χ0v) is 77.2. The normalized spacial score (nSPS) is 19.0. The number of pyridine rings is 1. The van der Waals surface area contributed by atoms with Crippen LogP contribution >= 0.6 is 0 Å². The molecule has 706 valence electrons. The van der Waals surface area contributed by atoms with Crippen molar-refractivity contribution in [3.63, 3.8) is 0 Å². The van der Waals surface area contributed by atoms with Gasteiger partial charge in [-0.2, -0.15) is 15.3 Å². The fourth-order valence-corrected chi connectivity index (χ4v) is 20.8. The third kappa shape index (κ3) is 18.5. The van der Waals surface area contributed by atoms with Crippen LogP contribution in [-0.4, -0.2) is 286 Å². The van der Waals surface area contributed by atoms with Crippen LogP contribution in [0.2, 0.25) is 0 Å². The molecule has 17 heterocycles. The van der Waals surface area contributed by atoms with E-state index in [0.29, 0.717) is 69.7 Å². The summed E-state index contributed by atoms with van der Waals surface area (Å²) >= 11 is 0. The lowest BCUT2D eigenvalue weighted by molar-refractivity contribution is -0.133. The van der Waals surface area contributed by atoms with Gasteiger partial charge in [0.2, 0.25) is 17.7 Å². The number of fused-ring (bicyclic) bond motifs is 8. The van der Waals surface area contributed by atoms with E-state index in [-0.39, 0.29) is 53.3 Å². The van der Waals surface area contributed by atoms with Crippen molar-refractivity contribution in [2.45, 2.75) is 55.2 Å². The van der Waals surface area contributed by atoms with Gasteiger partial charge in [0, 0.05) is 255 Å². The molecular weight excluding hydrogens is 1790 g/mol. The van der Waals surface area contributed by atoms with E-state index in [0.717, 1.165) is 248 Å². The first-order valence-corrected chi connectivity index (χ1v) is 47.6. The van der Waals surface area contributed by atoms with Crippen LogP contribution in [0, 0.1) is 17.5 Å². The number of nitrogens with zero attached hydrogens (tertiary/aromatic N) is 25. The van der Waals surface area contributed by atoms with Crippen molar-refractivity contribution in [1.29, 1.82) is 0 Å². The van der Waals surface area contributed by atoms with Crippen LogP contribution in [0.1, 0.15) is 55.0 Å². The molecule has 5 atom stereocenters. The number of carbonyl (C=O) groups is 3. The summed E-state index contributed by atoms with van der Waals surface area (Å²) in [6.45, 7) is 13.1. The van der Waals surface area contributed by atoms with Gasteiger partial charge < -0.3 is 34.1 Å². The van der Waals surface area contributed by atoms with Gasteiger partial charge in [-0.05, 0) is 221 Å². The Labute approximate surface area is 807 Å². The fraction of sp³-hybridized carbons (Fsp3) is 0.274. The summed E-state index contributed by atoms with van der Waals surface area (Å²) in [5, 5.41) is 28.4. The van der Waals surface area contributed by atoms with Gasteiger partial charge in [0.15, 0.2) is 29.1 Å². The summed E-state index contributed by atoms with van der Waals surface area (Å²) in [5.74, 6) is 3.95. The van der Waals surface area contributed by atoms with Crippen molar-refractivity contribution in [3.8, 4) is 67.9 Å². The van der Waals surface area contributed by atoms with Crippen molar-refractivity contribution >= 4 is 100 Å². The van der Waals surface area contributed by atoms with Crippen molar-refractivity contribution in [1.82, 2.24) is 125 Å². The Morgan fingerprint density at radius 2 is 0.809 bits per heavy atom. The fourth-order valence-electron chi connectivity index (χ4n) is 20.8. The van der Waals surface area contributed by atoms with Gasteiger partial charge in [0.1, 0.15) is 34.6 Å². The number of methoxy groups -OCH3 is 1. The van der Waals surface area contributed by atoms with Gasteiger partial charge in [0.05, 0.1) is 82.6 Å². The molecule has 25 rings (SSSR count). The number of nitrogens with one attached hydrogen (secondary N) is 3. The van der Waals surface area contributed by atoms with Crippen molar-refractivity contribution in [3.05, 3.63) is 285 Å². The van der Waals surface area contributed by atoms with E-state index in [4.69, 9.17) is 34.6 Å². The highest BCUT2D eigenvalue weighted by molar-refractivity contribution is 6.04. The molecule has 0 saturated carbocycles. The Morgan fingerprint density at radius 3 is 1.26 bits per heavy atom. The number of likely N-dealkylation sites (tertiary alicyclic amines) is 4. The second-order valence-corrected chi connectivity index (χ2v) is 37.1. The number of piperazine rings is 3. The molecule has 0 unspecified atom stereocenters. The molecule has 141 heavy (non-hydrogen) atoms. The zero-order chi connectivity index (χ0) is 95.2. The van der Waals surface area contributed by atoms with Crippen molar-refractivity contribution in [2.75, 3.05) is 146 Å². The molecule has 2 bridgehead atoms. The number of benzene rings is 8. The number of aromatic nitrogens is 19. The zero-order valence-electron chi connectivity index (χ0n) is 77.2. The predicted octanol–water partition coefficient (Wildman–Crippen LogP) is 14.0. The van der Waals surface area contributed by atoms with Crippen LogP contribution in [0.25, 0.3) is 133 Å². The van der Waals surface area contributed by atoms with Crippen LogP contribution in [0.15, 0.2) is 250 Å². The van der Waals surface area contributed by atoms with Crippen LogP contribution in [-0.2, 0) is 24.7 Å². The van der Waals surface area contributed by atoms with Gasteiger partial charge >= 0.3 is 0 Å².